The van der Waals surface area contributed by atoms with E-state index in [2.05, 4.69) is 93.7 Å². The van der Waals surface area contributed by atoms with Gasteiger partial charge in [-0.05, 0) is 109 Å². The molecule has 78 heavy (non-hydrogen) atoms. The van der Waals surface area contributed by atoms with Gasteiger partial charge in [-0.2, -0.15) is 0 Å². The van der Waals surface area contributed by atoms with E-state index in [4.69, 9.17) is 14.2 Å². The first kappa shape index (κ1) is 74.8. The number of hydrogen-bond donors (Lipinski definition) is 0. The average Bonchev–Trinajstić information content (AvgIpc) is 3.44. The van der Waals surface area contributed by atoms with Crippen LogP contribution in [0.3, 0.4) is 0 Å². The van der Waals surface area contributed by atoms with Crippen LogP contribution in [0, 0.1) is 0 Å². The van der Waals surface area contributed by atoms with Gasteiger partial charge in [-0.25, -0.2) is 0 Å². The first-order valence-corrected chi connectivity index (χ1v) is 33.9. The molecule has 0 N–H and O–H groups in total. The quantitative estimate of drug-likeness (QED) is 0.0261. The van der Waals surface area contributed by atoms with Gasteiger partial charge >= 0.3 is 17.9 Å². The van der Waals surface area contributed by atoms with Crippen LogP contribution in [0.25, 0.3) is 0 Å². The van der Waals surface area contributed by atoms with E-state index in [-0.39, 0.29) is 31.1 Å². The van der Waals surface area contributed by atoms with Crippen molar-refractivity contribution in [1.82, 2.24) is 0 Å². The lowest BCUT2D eigenvalue weighted by molar-refractivity contribution is -0.167. The van der Waals surface area contributed by atoms with Gasteiger partial charge in [-0.1, -0.05) is 293 Å². The van der Waals surface area contributed by atoms with Crippen LogP contribution in [0.15, 0.2) is 72.9 Å². The summed E-state index contributed by atoms with van der Waals surface area (Å²) in [6, 6.07) is 0. The van der Waals surface area contributed by atoms with E-state index in [9.17, 15) is 14.4 Å². The number of rotatable bonds is 62. The summed E-state index contributed by atoms with van der Waals surface area (Å²) in [7, 11) is 0. The summed E-state index contributed by atoms with van der Waals surface area (Å²) < 4.78 is 16.9. The zero-order valence-corrected chi connectivity index (χ0v) is 51.9. The third-order valence-corrected chi connectivity index (χ3v) is 14.9. The molecule has 6 heteroatoms. The van der Waals surface area contributed by atoms with Gasteiger partial charge in [0, 0.05) is 19.3 Å². The van der Waals surface area contributed by atoms with E-state index in [0.29, 0.717) is 19.3 Å². The van der Waals surface area contributed by atoms with Crippen LogP contribution in [-0.2, 0) is 28.6 Å². The van der Waals surface area contributed by atoms with Crippen LogP contribution in [-0.4, -0.2) is 37.2 Å². The van der Waals surface area contributed by atoms with Crippen molar-refractivity contribution in [2.75, 3.05) is 13.2 Å². The van der Waals surface area contributed by atoms with Crippen molar-refractivity contribution in [2.24, 2.45) is 0 Å². The second kappa shape index (κ2) is 66.4. The van der Waals surface area contributed by atoms with Gasteiger partial charge in [0.1, 0.15) is 13.2 Å². The predicted octanol–water partition coefficient (Wildman–Crippen LogP) is 23.3. The highest BCUT2D eigenvalue weighted by atomic mass is 16.6. The zero-order chi connectivity index (χ0) is 56.4. The van der Waals surface area contributed by atoms with Gasteiger partial charge in [0.05, 0.1) is 0 Å². The molecule has 0 aromatic carbocycles. The number of esters is 3. The van der Waals surface area contributed by atoms with E-state index < -0.39 is 6.10 Å². The van der Waals surface area contributed by atoms with Gasteiger partial charge in [0.2, 0.25) is 0 Å². The van der Waals surface area contributed by atoms with Gasteiger partial charge in [0.25, 0.3) is 0 Å². The molecule has 0 aromatic rings. The lowest BCUT2D eigenvalue weighted by Crippen LogP contribution is -2.30. The minimum Gasteiger partial charge on any atom is -0.462 e. The molecule has 1 atom stereocenters. The summed E-state index contributed by atoms with van der Waals surface area (Å²) in [5, 5.41) is 0. The molecule has 0 radical (unpaired) electrons. The minimum atomic E-state index is -0.784. The minimum absolute atomic E-state index is 0.0798. The molecule has 0 saturated carbocycles. The molecule has 0 rings (SSSR count). The van der Waals surface area contributed by atoms with Gasteiger partial charge < -0.3 is 14.2 Å². The molecule has 0 fully saturated rings. The molecule has 6 nitrogen and oxygen atoms in total. The number of hydrogen-bond acceptors (Lipinski definition) is 6. The maximum atomic E-state index is 12.9. The summed E-state index contributed by atoms with van der Waals surface area (Å²) in [6.45, 7) is 6.59. The summed E-state index contributed by atoms with van der Waals surface area (Å²) in [4.78, 5) is 38.3. The molecule has 0 bridgehead atoms. The highest BCUT2D eigenvalue weighted by Crippen LogP contribution is 2.17. The van der Waals surface area contributed by atoms with Crippen molar-refractivity contribution >= 4 is 17.9 Å². The summed E-state index contributed by atoms with van der Waals surface area (Å²) in [5.74, 6) is -0.883. The maximum absolute atomic E-state index is 12.9. The average molecular weight is 1090 g/mol. The number of carbonyl (C=O) groups is 3. The Morgan fingerprint density at radius 1 is 0.256 bits per heavy atom. The van der Waals surface area contributed by atoms with Crippen molar-refractivity contribution in [3.8, 4) is 0 Å². The molecular formula is C72H128O6. The van der Waals surface area contributed by atoms with Gasteiger partial charge in [0.15, 0.2) is 6.10 Å². The van der Waals surface area contributed by atoms with E-state index in [0.717, 1.165) is 96.3 Å². The monoisotopic (exact) mass is 1090 g/mol. The van der Waals surface area contributed by atoms with Crippen LogP contribution in [0.5, 0.6) is 0 Å². The third kappa shape index (κ3) is 63.7. The zero-order valence-electron chi connectivity index (χ0n) is 51.9. The van der Waals surface area contributed by atoms with Crippen molar-refractivity contribution in [3.63, 3.8) is 0 Å². The van der Waals surface area contributed by atoms with E-state index >= 15 is 0 Å². The fourth-order valence-corrected chi connectivity index (χ4v) is 9.78. The molecule has 0 aromatic heterocycles. The van der Waals surface area contributed by atoms with Crippen LogP contribution >= 0.6 is 0 Å². The Kier molecular flexibility index (Phi) is 63.7. The summed E-state index contributed by atoms with van der Waals surface area (Å²) in [6.07, 6.45) is 86.4. The summed E-state index contributed by atoms with van der Waals surface area (Å²) in [5.41, 5.74) is 0. The lowest BCUT2D eigenvalue weighted by atomic mass is 10.0. The fraction of sp³-hybridized carbons (Fsp3) is 0.792. The number of ether oxygens (including phenoxy) is 3. The fourth-order valence-electron chi connectivity index (χ4n) is 9.78. The molecule has 0 heterocycles. The van der Waals surface area contributed by atoms with Crippen LogP contribution in [0.2, 0.25) is 0 Å². The highest BCUT2D eigenvalue weighted by molar-refractivity contribution is 5.71. The Bertz CT molecular complexity index is 1440. The Hall–Kier alpha value is -3.15. The third-order valence-electron chi connectivity index (χ3n) is 14.9. The standard InChI is InChI=1S/C72H128O6/c1-4-7-10-13-16-19-22-25-27-29-31-32-33-34-35-36-37-38-39-40-41-43-44-47-50-53-56-59-62-65-71(74)77-68-69(67-76-70(73)64-61-58-55-52-49-46-24-21-18-15-12-9-6-3)78-72(75)66-63-60-57-54-51-48-45-42-30-28-26-23-20-17-14-11-8-5-2/h12,15,21-22,24-25,28-31,33-34,69H,4-11,13-14,16-20,23,26-27,32,35-68H2,1-3H3/b15-12-,24-21-,25-22-,30-28-,31-29-,34-33-. The summed E-state index contributed by atoms with van der Waals surface area (Å²) >= 11 is 0. The molecule has 0 aliphatic heterocycles. The SMILES string of the molecule is CCC/C=C\C/C=C\CCCCCCCC(=O)OCC(COC(=O)CCCCCCCCCCCCCCCC/C=C\C/C=C\C/C=C\CCCCCCC)OC(=O)CCCCCCCCC/C=C\CCCCCCCCC. The second-order valence-electron chi connectivity index (χ2n) is 22.7. The van der Waals surface area contributed by atoms with Crippen LogP contribution < -0.4 is 0 Å². The van der Waals surface area contributed by atoms with Crippen molar-refractivity contribution in [1.29, 1.82) is 0 Å². The van der Waals surface area contributed by atoms with Crippen LogP contribution in [0.1, 0.15) is 348 Å². The molecule has 0 spiro atoms. The van der Waals surface area contributed by atoms with Crippen LogP contribution in [0.4, 0.5) is 0 Å². The Labute approximate surface area is 484 Å². The van der Waals surface area contributed by atoms with E-state index in [1.807, 2.05) is 0 Å². The Morgan fingerprint density at radius 3 is 0.782 bits per heavy atom. The molecule has 452 valence electrons. The topological polar surface area (TPSA) is 78.9 Å². The first-order valence-electron chi connectivity index (χ1n) is 33.9. The highest BCUT2D eigenvalue weighted by Gasteiger charge is 2.19. The lowest BCUT2D eigenvalue weighted by Gasteiger charge is -2.18. The number of allylic oxidation sites excluding steroid dienone is 12. The number of carbonyl (C=O) groups excluding carboxylic acids is 3. The second-order valence-corrected chi connectivity index (χ2v) is 22.7. The Balaban J connectivity index is 4.24. The molecule has 0 amide bonds. The predicted molar refractivity (Wildman–Crippen MR) is 339 cm³/mol. The molecule has 0 aliphatic rings. The van der Waals surface area contributed by atoms with Crippen molar-refractivity contribution in [2.45, 2.75) is 354 Å². The largest absolute Gasteiger partial charge is 0.462 e. The van der Waals surface area contributed by atoms with Crippen molar-refractivity contribution < 1.29 is 28.6 Å². The van der Waals surface area contributed by atoms with E-state index in [1.54, 1.807) is 0 Å². The molecule has 0 saturated heterocycles. The molecule has 0 aliphatic carbocycles. The maximum Gasteiger partial charge on any atom is 0.306 e. The number of unbranched alkanes of at least 4 members (excludes halogenated alkanes) is 39. The van der Waals surface area contributed by atoms with Gasteiger partial charge in [-0.15, -0.1) is 0 Å². The van der Waals surface area contributed by atoms with Gasteiger partial charge in [-0.3, -0.25) is 14.4 Å². The molecule has 1 unspecified atom stereocenters. The van der Waals surface area contributed by atoms with E-state index in [1.165, 1.54) is 212 Å². The Morgan fingerprint density at radius 2 is 0.487 bits per heavy atom. The first-order chi connectivity index (χ1) is 38.5. The smallest absolute Gasteiger partial charge is 0.306 e. The molecular weight excluding hydrogens is 961 g/mol. The normalized spacial score (nSPS) is 12.5. The van der Waals surface area contributed by atoms with Crippen molar-refractivity contribution in [3.05, 3.63) is 72.9 Å².